The lowest BCUT2D eigenvalue weighted by Crippen LogP contribution is -2.30. The van der Waals surface area contributed by atoms with Gasteiger partial charge in [-0.3, -0.25) is 37.3 Å². The maximum Gasteiger partial charge on any atom is 0.472 e. The average Bonchev–Trinajstić information content (AvgIpc) is 3.60. The summed E-state index contributed by atoms with van der Waals surface area (Å²) in [5.41, 5.74) is 0. The second kappa shape index (κ2) is 61.4. The standard InChI is InChI=1S/C71H134O17P2/c1-8-9-10-11-12-13-14-15-16-17-20-24-33-40-47-54-70(75)87-66(58-81-68(73)52-45-38-31-23-21-18-19-22-28-35-42-49-62(2)3)60-85-89(77,78)83-56-65(72)57-84-90(79,80)86-61-67(88-71(76)55-48-41-34-27-30-37-44-51-64(6)7)59-82-69(74)53-46-39-32-26-25-29-36-43-50-63(4)5/h13-16,62-67,72H,8-12,17-61H2,1-7H3,(H,77,78)(H,79,80)/b14-13-,16-15-/t65?,66-,67-/m1/s1. The fourth-order valence-electron chi connectivity index (χ4n) is 10.2. The van der Waals surface area contributed by atoms with E-state index in [1.807, 2.05) is 0 Å². The van der Waals surface area contributed by atoms with Gasteiger partial charge in [0.1, 0.15) is 19.3 Å². The number of rotatable bonds is 67. The van der Waals surface area contributed by atoms with Gasteiger partial charge in [0, 0.05) is 25.7 Å². The van der Waals surface area contributed by atoms with Crippen LogP contribution in [0.4, 0.5) is 0 Å². The van der Waals surface area contributed by atoms with Crippen LogP contribution in [-0.2, 0) is 65.4 Å². The Labute approximate surface area is 548 Å². The first-order valence-corrected chi connectivity index (χ1v) is 39.2. The normalized spacial score (nSPS) is 14.4. The molecular weight excluding hydrogens is 1190 g/mol. The van der Waals surface area contributed by atoms with Crippen LogP contribution in [0, 0.1) is 17.8 Å². The Morgan fingerprint density at radius 1 is 0.344 bits per heavy atom. The number of allylic oxidation sites excluding steroid dienone is 4. The molecule has 0 amide bonds. The van der Waals surface area contributed by atoms with Crippen LogP contribution in [-0.4, -0.2) is 96.7 Å². The number of unbranched alkanes of at least 4 members (excludes halogenated alkanes) is 32. The van der Waals surface area contributed by atoms with Crippen LogP contribution in [0.1, 0.15) is 331 Å². The molecule has 0 spiro atoms. The first-order chi connectivity index (χ1) is 43.2. The van der Waals surface area contributed by atoms with Crippen molar-refractivity contribution in [3.05, 3.63) is 24.3 Å². The van der Waals surface area contributed by atoms with Crippen LogP contribution in [0.5, 0.6) is 0 Å². The molecule has 0 saturated carbocycles. The van der Waals surface area contributed by atoms with Crippen LogP contribution < -0.4 is 0 Å². The van der Waals surface area contributed by atoms with E-state index < -0.39 is 97.5 Å². The highest BCUT2D eigenvalue weighted by Crippen LogP contribution is 2.45. The van der Waals surface area contributed by atoms with Gasteiger partial charge in [-0.15, -0.1) is 0 Å². The van der Waals surface area contributed by atoms with Gasteiger partial charge in [-0.1, -0.05) is 278 Å². The Balaban J connectivity index is 5.29. The summed E-state index contributed by atoms with van der Waals surface area (Å²) in [6.07, 6.45) is 48.1. The maximum atomic E-state index is 13.0. The summed E-state index contributed by atoms with van der Waals surface area (Å²) in [6, 6.07) is 0. The average molecular weight is 1320 g/mol. The van der Waals surface area contributed by atoms with E-state index in [2.05, 4.69) is 72.8 Å². The summed E-state index contributed by atoms with van der Waals surface area (Å²) in [7, 11) is -9.92. The molecule has 0 radical (unpaired) electrons. The Hall–Kier alpha value is -2.46. The lowest BCUT2D eigenvalue weighted by Gasteiger charge is -2.21. The van der Waals surface area contributed by atoms with Crippen LogP contribution >= 0.6 is 15.6 Å². The lowest BCUT2D eigenvalue weighted by molar-refractivity contribution is -0.161. The molecule has 19 heteroatoms. The number of phosphoric acid groups is 2. The molecule has 0 saturated heterocycles. The van der Waals surface area contributed by atoms with Crippen LogP contribution in [0.2, 0.25) is 0 Å². The van der Waals surface area contributed by atoms with E-state index in [1.165, 1.54) is 128 Å². The fourth-order valence-corrected chi connectivity index (χ4v) is 11.8. The number of hydrogen-bond donors (Lipinski definition) is 3. The molecule has 17 nitrogen and oxygen atoms in total. The zero-order valence-corrected chi connectivity index (χ0v) is 59.9. The number of ether oxygens (including phenoxy) is 4. The highest BCUT2D eigenvalue weighted by atomic mass is 31.2. The topological polar surface area (TPSA) is 237 Å². The van der Waals surface area contributed by atoms with E-state index in [-0.39, 0.29) is 25.7 Å². The van der Waals surface area contributed by atoms with Crippen LogP contribution in [0.15, 0.2) is 24.3 Å². The number of esters is 4. The SMILES string of the molecule is CCCCCC/C=C\C=C/CCCCCCCC(=O)O[C@H](COC(=O)CCCCCCCCCCCCCC(C)C)COP(=O)(O)OCC(O)COP(=O)(O)OC[C@@H](COC(=O)CCCCCCCCCCC(C)C)OC(=O)CCCCCCCCCC(C)C. The van der Waals surface area contributed by atoms with Gasteiger partial charge in [-0.2, -0.15) is 0 Å². The molecule has 0 aromatic heterocycles. The van der Waals surface area contributed by atoms with Crippen LogP contribution in [0.3, 0.4) is 0 Å². The van der Waals surface area contributed by atoms with Crippen molar-refractivity contribution in [1.29, 1.82) is 0 Å². The molecule has 0 fully saturated rings. The van der Waals surface area contributed by atoms with Crippen molar-refractivity contribution in [3.63, 3.8) is 0 Å². The van der Waals surface area contributed by atoms with Gasteiger partial charge in [0.15, 0.2) is 12.2 Å². The summed E-state index contributed by atoms with van der Waals surface area (Å²) >= 11 is 0. The minimum Gasteiger partial charge on any atom is -0.462 e. The third-order valence-electron chi connectivity index (χ3n) is 15.8. The Bertz CT molecular complexity index is 1860. The largest absolute Gasteiger partial charge is 0.472 e. The first-order valence-electron chi connectivity index (χ1n) is 36.2. The molecule has 5 atom stereocenters. The van der Waals surface area contributed by atoms with E-state index in [0.29, 0.717) is 31.6 Å². The van der Waals surface area contributed by atoms with E-state index in [1.54, 1.807) is 0 Å². The van der Waals surface area contributed by atoms with E-state index in [9.17, 15) is 43.2 Å². The molecule has 0 rings (SSSR count). The Morgan fingerprint density at radius 2 is 0.600 bits per heavy atom. The maximum absolute atomic E-state index is 13.0. The van der Waals surface area contributed by atoms with Crippen molar-refractivity contribution in [2.75, 3.05) is 39.6 Å². The highest BCUT2D eigenvalue weighted by molar-refractivity contribution is 7.47. The molecule has 0 aromatic rings. The molecule has 0 aliphatic carbocycles. The van der Waals surface area contributed by atoms with Crippen molar-refractivity contribution in [3.8, 4) is 0 Å². The molecule has 90 heavy (non-hydrogen) atoms. The van der Waals surface area contributed by atoms with Gasteiger partial charge < -0.3 is 33.8 Å². The monoisotopic (exact) mass is 1320 g/mol. The third-order valence-corrected chi connectivity index (χ3v) is 17.7. The van der Waals surface area contributed by atoms with E-state index >= 15 is 0 Å². The highest BCUT2D eigenvalue weighted by Gasteiger charge is 2.30. The number of carbonyl (C=O) groups is 4. The van der Waals surface area contributed by atoms with Gasteiger partial charge >= 0.3 is 39.5 Å². The van der Waals surface area contributed by atoms with Crippen molar-refractivity contribution >= 4 is 39.5 Å². The molecule has 0 bridgehead atoms. The second-order valence-corrected chi connectivity index (χ2v) is 29.3. The summed E-state index contributed by atoms with van der Waals surface area (Å²) in [4.78, 5) is 72.5. The molecule has 3 unspecified atom stereocenters. The van der Waals surface area contributed by atoms with Gasteiger partial charge in [-0.05, 0) is 69.1 Å². The lowest BCUT2D eigenvalue weighted by atomic mass is 10.0. The molecule has 0 aliphatic rings. The molecular formula is C71H134O17P2. The molecule has 3 N–H and O–H groups in total. The third kappa shape index (κ3) is 64.3. The summed E-state index contributed by atoms with van der Waals surface area (Å²) in [5, 5.41) is 10.6. The number of carbonyl (C=O) groups excluding carboxylic acids is 4. The van der Waals surface area contributed by atoms with Crippen molar-refractivity contribution < 1.29 is 80.2 Å². The molecule has 530 valence electrons. The van der Waals surface area contributed by atoms with Crippen molar-refractivity contribution in [2.45, 2.75) is 349 Å². The van der Waals surface area contributed by atoms with Gasteiger partial charge in [0.25, 0.3) is 0 Å². The number of aliphatic hydroxyl groups excluding tert-OH is 1. The summed E-state index contributed by atoms with van der Waals surface area (Å²) in [6.45, 7) is 11.7. The number of hydrogen-bond acceptors (Lipinski definition) is 15. The van der Waals surface area contributed by atoms with E-state index in [0.717, 1.165) is 115 Å². The Kier molecular flexibility index (Phi) is 59.7. The predicted octanol–water partition coefficient (Wildman–Crippen LogP) is 19.8. The molecule has 0 aromatic carbocycles. The fraction of sp³-hybridized carbons (Fsp3) is 0.887. The predicted molar refractivity (Wildman–Crippen MR) is 363 cm³/mol. The Morgan fingerprint density at radius 3 is 0.900 bits per heavy atom. The second-order valence-electron chi connectivity index (χ2n) is 26.4. The number of phosphoric ester groups is 2. The zero-order valence-electron chi connectivity index (χ0n) is 58.1. The van der Waals surface area contributed by atoms with Gasteiger partial charge in [0.05, 0.1) is 26.4 Å². The van der Waals surface area contributed by atoms with E-state index in [4.69, 9.17) is 37.0 Å². The number of aliphatic hydroxyl groups is 1. The van der Waals surface area contributed by atoms with Gasteiger partial charge in [-0.25, -0.2) is 9.13 Å². The summed E-state index contributed by atoms with van der Waals surface area (Å²) < 4.78 is 68.2. The van der Waals surface area contributed by atoms with Crippen LogP contribution in [0.25, 0.3) is 0 Å². The smallest absolute Gasteiger partial charge is 0.462 e. The van der Waals surface area contributed by atoms with Crippen molar-refractivity contribution in [2.24, 2.45) is 17.8 Å². The zero-order chi connectivity index (χ0) is 66.6. The first kappa shape index (κ1) is 87.5. The minimum atomic E-state index is -4.96. The quantitative estimate of drug-likeness (QED) is 0.0169. The minimum absolute atomic E-state index is 0.0843. The summed E-state index contributed by atoms with van der Waals surface area (Å²) in [5.74, 6) is 0.0289. The molecule has 0 aliphatic heterocycles. The van der Waals surface area contributed by atoms with Gasteiger partial charge in [0.2, 0.25) is 0 Å². The van der Waals surface area contributed by atoms with Crippen molar-refractivity contribution in [1.82, 2.24) is 0 Å². The molecule has 0 heterocycles.